The highest BCUT2D eigenvalue weighted by atomic mass is 32.2. The Kier molecular flexibility index (Phi) is 4.32. The monoisotopic (exact) mass is 249 g/mol. The molecule has 0 aromatic rings. The van der Waals surface area contributed by atoms with Crippen molar-refractivity contribution in [3.05, 3.63) is 0 Å². The topological polar surface area (TPSA) is 63.7 Å². The first kappa shape index (κ1) is 13.4. The lowest BCUT2D eigenvalue weighted by molar-refractivity contribution is -0.138. The first-order chi connectivity index (χ1) is 7.36. The predicted octanol–water partition coefficient (Wildman–Crippen LogP) is 0.0569. The van der Waals surface area contributed by atoms with Gasteiger partial charge in [-0.25, -0.2) is 8.42 Å². The summed E-state index contributed by atoms with van der Waals surface area (Å²) in [5.41, 5.74) is 0. The lowest BCUT2D eigenvalue weighted by Gasteiger charge is -2.33. The Morgan fingerprint density at radius 2 is 2.19 bits per heavy atom. The summed E-state index contributed by atoms with van der Waals surface area (Å²) in [7, 11) is -3.31. The minimum Gasteiger partial charge on any atom is -0.375 e. The molecule has 6 heteroatoms. The number of hydrogen-bond acceptors (Lipinski definition) is 4. The van der Waals surface area contributed by atoms with Crippen molar-refractivity contribution in [3.63, 3.8) is 0 Å². The Bertz CT molecular complexity index is 352. The highest BCUT2D eigenvalue weighted by molar-refractivity contribution is 7.92. The number of nitrogens with zero attached hydrogens (tertiary/aromatic N) is 1. The van der Waals surface area contributed by atoms with Crippen LogP contribution in [0.3, 0.4) is 0 Å². The molecule has 5 nitrogen and oxygen atoms in total. The molecule has 2 atom stereocenters. The number of amides is 1. The molecule has 0 radical (unpaired) electrons. The predicted molar refractivity (Wildman–Crippen MR) is 60.9 cm³/mol. The fourth-order valence-corrected chi connectivity index (χ4v) is 2.12. The number of carbonyl (C=O) groups is 1. The highest BCUT2D eigenvalue weighted by Gasteiger charge is 2.31. The fourth-order valence-electron chi connectivity index (χ4n) is 1.61. The van der Waals surface area contributed by atoms with Crippen molar-refractivity contribution < 1.29 is 17.9 Å². The lowest BCUT2D eigenvalue weighted by atomic mass is 10.2. The van der Waals surface area contributed by atoms with Gasteiger partial charge < -0.3 is 9.64 Å². The fraction of sp³-hybridized carbons (Fsp3) is 0.900. The quantitative estimate of drug-likeness (QED) is 0.709. The molecule has 1 saturated heterocycles. The molecule has 1 rings (SSSR count). The second kappa shape index (κ2) is 5.14. The minimum atomic E-state index is -3.31. The summed E-state index contributed by atoms with van der Waals surface area (Å²) in [6, 6.07) is 0. The van der Waals surface area contributed by atoms with Gasteiger partial charge in [0.25, 0.3) is 0 Å². The van der Waals surface area contributed by atoms with Gasteiger partial charge in [0.05, 0.1) is 12.7 Å². The number of rotatable bonds is 3. The van der Waals surface area contributed by atoms with Crippen LogP contribution in [0.5, 0.6) is 0 Å². The zero-order valence-electron chi connectivity index (χ0n) is 9.97. The molecular weight excluding hydrogens is 230 g/mol. The second-order valence-corrected chi connectivity index (χ2v) is 6.52. The molecule has 1 amide bonds. The molecule has 16 heavy (non-hydrogen) atoms. The Labute approximate surface area is 96.7 Å². The van der Waals surface area contributed by atoms with Gasteiger partial charge in [0.2, 0.25) is 5.91 Å². The van der Waals surface area contributed by atoms with Crippen molar-refractivity contribution in [1.29, 1.82) is 0 Å². The molecule has 0 aliphatic carbocycles. The third kappa shape index (κ3) is 3.18. The Hall–Kier alpha value is -0.620. The number of morpholine rings is 1. The highest BCUT2D eigenvalue weighted by Crippen LogP contribution is 2.11. The third-order valence-electron chi connectivity index (χ3n) is 2.90. The third-order valence-corrected chi connectivity index (χ3v) is 4.38. The zero-order valence-corrected chi connectivity index (χ0v) is 10.8. The largest absolute Gasteiger partial charge is 0.375 e. The average molecular weight is 249 g/mol. The van der Waals surface area contributed by atoms with Crippen molar-refractivity contribution in [2.75, 3.05) is 26.0 Å². The van der Waals surface area contributed by atoms with Crippen LogP contribution in [0.25, 0.3) is 0 Å². The summed E-state index contributed by atoms with van der Waals surface area (Å²) in [4.78, 5) is 13.5. The molecule has 1 fully saturated rings. The van der Waals surface area contributed by atoms with Gasteiger partial charge in [0.1, 0.15) is 5.25 Å². The van der Waals surface area contributed by atoms with E-state index < -0.39 is 15.1 Å². The van der Waals surface area contributed by atoms with Crippen LogP contribution in [0.4, 0.5) is 0 Å². The molecule has 0 spiro atoms. The van der Waals surface area contributed by atoms with Gasteiger partial charge in [-0.3, -0.25) is 4.79 Å². The summed E-state index contributed by atoms with van der Waals surface area (Å²) in [5, 5.41) is -0.955. The molecule has 1 heterocycles. The van der Waals surface area contributed by atoms with Crippen LogP contribution in [-0.4, -0.2) is 56.5 Å². The Morgan fingerprint density at radius 1 is 1.56 bits per heavy atom. The van der Waals surface area contributed by atoms with Crippen LogP contribution in [0, 0.1) is 0 Å². The van der Waals surface area contributed by atoms with Crippen LogP contribution >= 0.6 is 0 Å². The second-order valence-electron chi connectivity index (χ2n) is 4.16. The number of carbonyl (C=O) groups excluding carboxylic acids is 1. The number of sulfone groups is 1. The zero-order chi connectivity index (χ0) is 12.3. The summed E-state index contributed by atoms with van der Waals surface area (Å²) in [6.45, 7) is 4.89. The van der Waals surface area contributed by atoms with Crippen molar-refractivity contribution >= 4 is 15.7 Å². The van der Waals surface area contributed by atoms with E-state index in [9.17, 15) is 13.2 Å². The molecule has 0 N–H and O–H groups in total. The summed E-state index contributed by atoms with van der Waals surface area (Å²) >= 11 is 0. The standard InChI is InChI=1S/C10H19NO4S/c1-4-9-7-11(5-6-15-9)10(12)8(2)16(3,13)14/h8-9H,4-7H2,1-3H3/t8-,9+/m0/s1. The molecule has 0 unspecified atom stereocenters. The summed E-state index contributed by atoms with van der Waals surface area (Å²) in [5.74, 6) is -0.316. The maximum atomic E-state index is 11.9. The first-order valence-electron chi connectivity index (χ1n) is 5.45. The van der Waals surface area contributed by atoms with E-state index in [1.54, 1.807) is 4.90 Å². The molecule has 0 bridgehead atoms. The van der Waals surface area contributed by atoms with Crippen LogP contribution in [0.2, 0.25) is 0 Å². The van der Waals surface area contributed by atoms with Gasteiger partial charge in [-0.2, -0.15) is 0 Å². The van der Waals surface area contributed by atoms with Gasteiger partial charge in [0.15, 0.2) is 9.84 Å². The smallest absolute Gasteiger partial charge is 0.240 e. The molecular formula is C10H19NO4S. The average Bonchev–Trinajstić information content (AvgIpc) is 2.26. The molecule has 0 saturated carbocycles. The lowest BCUT2D eigenvalue weighted by Crippen LogP contribution is -2.49. The van der Waals surface area contributed by atoms with E-state index in [4.69, 9.17) is 4.74 Å². The molecule has 94 valence electrons. The SMILES string of the molecule is CC[C@@H]1CN(C(=O)[C@H](C)S(C)(=O)=O)CCO1. The van der Waals surface area contributed by atoms with Crippen LogP contribution in [-0.2, 0) is 19.4 Å². The molecule has 1 aliphatic heterocycles. The summed E-state index contributed by atoms with van der Waals surface area (Å²) in [6.07, 6.45) is 1.95. The van der Waals surface area contributed by atoms with E-state index in [0.29, 0.717) is 19.7 Å². The van der Waals surface area contributed by atoms with Crippen LogP contribution in [0.1, 0.15) is 20.3 Å². The molecule has 0 aromatic carbocycles. The van der Waals surface area contributed by atoms with Crippen molar-refractivity contribution in [1.82, 2.24) is 4.90 Å². The van der Waals surface area contributed by atoms with E-state index >= 15 is 0 Å². The maximum absolute atomic E-state index is 11.9. The minimum absolute atomic E-state index is 0.0319. The van der Waals surface area contributed by atoms with Gasteiger partial charge in [-0.15, -0.1) is 0 Å². The van der Waals surface area contributed by atoms with Gasteiger partial charge in [-0.05, 0) is 13.3 Å². The van der Waals surface area contributed by atoms with Crippen molar-refractivity contribution in [2.45, 2.75) is 31.6 Å². The van der Waals surface area contributed by atoms with Gasteiger partial charge in [0, 0.05) is 19.3 Å². The van der Waals surface area contributed by atoms with Crippen molar-refractivity contribution in [3.8, 4) is 0 Å². The molecule has 1 aliphatic rings. The Balaban J connectivity index is 2.67. The van der Waals surface area contributed by atoms with E-state index in [1.165, 1.54) is 6.92 Å². The van der Waals surface area contributed by atoms with E-state index in [2.05, 4.69) is 0 Å². The normalized spacial score (nSPS) is 24.2. The van der Waals surface area contributed by atoms with Crippen molar-refractivity contribution in [2.24, 2.45) is 0 Å². The number of hydrogen-bond donors (Lipinski definition) is 0. The van der Waals surface area contributed by atoms with E-state index in [0.717, 1.165) is 12.7 Å². The Morgan fingerprint density at radius 3 is 2.69 bits per heavy atom. The molecule has 0 aromatic heterocycles. The van der Waals surface area contributed by atoms with Crippen LogP contribution < -0.4 is 0 Å². The summed E-state index contributed by atoms with van der Waals surface area (Å²) < 4.78 is 28.0. The van der Waals surface area contributed by atoms with Gasteiger partial charge >= 0.3 is 0 Å². The first-order valence-corrected chi connectivity index (χ1v) is 7.41. The maximum Gasteiger partial charge on any atom is 0.240 e. The number of ether oxygens (including phenoxy) is 1. The van der Waals surface area contributed by atoms with Crippen LogP contribution in [0.15, 0.2) is 0 Å². The van der Waals surface area contributed by atoms with Gasteiger partial charge in [-0.1, -0.05) is 6.92 Å². The van der Waals surface area contributed by atoms with E-state index in [1.807, 2.05) is 6.92 Å². The van der Waals surface area contributed by atoms with E-state index in [-0.39, 0.29) is 12.0 Å².